The topological polar surface area (TPSA) is 15.3 Å². The van der Waals surface area contributed by atoms with Crippen molar-refractivity contribution in [2.45, 2.75) is 44.8 Å². The predicted octanol–water partition coefficient (Wildman–Crippen LogP) is 2.93. The Kier molecular flexibility index (Phi) is 3.55. The lowest BCUT2D eigenvalue weighted by Crippen LogP contribution is -2.61. The maximum Gasteiger partial charge on any atom is 0.130 e. The average Bonchev–Trinajstić information content (AvgIpc) is 3.17. The summed E-state index contributed by atoms with van der Waals surface area (Å²) in [5, 5.41) is 3.55. The molecule has 3 rings (SSSR count). The molecule has 1 aliphatic heterocycles. The lowest BCUT2D eigenvalue weighted by molar-refractivity contribution is 0.0738. The van der Waals surface area contributed by atoms with Gasteiger partial charge in [0.2, 0.25) is 0 Å². The van der Waals surface area contributed by atoms with E-state index in [1.54, 1.807) is 0 Å². The van der Waals surface area contributed by atoms with Crippen molar-refractivity contribution in [3.8, 4) is 0 Å². The first kappa shape index (κ1) is 14.0. The summed E-state index contributed by atoms with van der Waals surface area (Å²) in [6.07, 6.45) is 2.48. The molecule has 1 heterocycles. The lowest BCUT2D eigenvalue weighted by Gasteiger charge is -2.45. The zero-order valence-electron chi connectivity index (χ0n) is 12.1. The van der Waals surface area contributed by atoms with Crippen molar-refractivity contribution in [1.82, 2.24) is 10.2 Å². The van der Waals surface area contributed by atoms with Gasteiger partial charge in [-0.2, -0.15) is 0 Å². The van der Waals surface area contributed by atoms with Gasteiger partial charge >= 0.3 is 0 Å². The highest BCUT2D eigenvalue weighted by Crippen LogP contribution is 2.38. The van der Waals surface area contributed by atoms with Crippen LogP contribution in [0, 0.1) is 17.6 Å². The number of hydrogen-bond donors (Lipinski definition) is 1. The van der Waals surface area contributed by atoms with Crippen LogP contribution in [0.4, 0.5) is 8.78 Å². The van der Waals surface area contributed by atoms with Gasteiger partial charge in [-0.05, 0) is 44.7 Å². The van der Waals surface area contributed by atoms with Gasteiger partial charge in [0, 0.05) is 36.8 Å². The molecule has 4 heteroatoms. The molecule has 1 aromatic carbocycles. The Hall–Kier alpha value is -1.00. The molecule has 0 aromatic heterocycles. The number of piperazine rings is 1. The van der Waals surface area contributed by atoms with Gasteiger partial charge in [0.1, 0.15) is 11.6 Å². The van der Waals surface area contributed by atoms with Crippen LogP contribution in [0.25, 0.3) is 0 Å². The van der Waals surface area contributed by atoms with Gasteiger partial charge in [0.05, 0.1) is 0 Å². The van der Waals surface area contributed by atoms with E-state index in [0.29, 0.717) is 18.5 Å². The first-order valence-electron chi connectivity index (χ1n) is 7.38. The Labute approximate surface area is 119 Å². The quantitative estimate of drug-likeness (QED) is 0.916. The second kappa shape index (κ2) is 5.08. The van der Waals surface area contributed by atoms with Gasteiger partial charge in [0.25, 0.3) is 0 Å². The highest BCUT2D eigenvalue weighted by Gasteiger charge is 2.41. The normalized spacial score (nSPS) is 26.7. The number of benzene rings is 1. The SMILES string of the molecule is CC1(C)CN(Cc2c(F)cccc2F)C(C2CC2)CN1. The summed E-state index contributed by atoms with van der Waals surface area (Å²) < 4.78 is 27.7. The van der Waals surface area contributed by atoms with E-state index < -0.39 is 11.6 Å². The van der Waals surface area contributed by atoms with Crippen LogP contribution >= 0.6 is 0 Å². The summed E-state index contributed by atoms with van der Waals surface area (Å²) in [5.74, 6) is -0.180. The minimum Gasteiger partial charge on any atom is -0.309 e. The smallest absolute Gasteiger partial charge is 0.130 e. The summed E-state index contributed by atoms with van der Waals surface area (Å²) in [6.45, 7) is 6.38. The molecular weight excluding hydrogens is 258 g/mol. The van der Waals surface area contributed by atoms with Crippen LogP contribution in [-0.4, -0.2) is 29.6 Å². The molecule has 1 aromatic rings. The minimum absolute atomic E-state index is 0.00682. The van der Waals surface area contributed by atoms with Crippen LogP contribution in [0.2, 0.25) is 0 Å². The molecule has 1 saturated heterocycles. The van der Waals surface area contributed by atoms with E-state index in [1.807, 2.05) is 0 Å². The second-order valence-corrected chi connectivity index (χ2v) is 6.77. The fourth-order valence-corrected chi connectivity index (χ4v) is 3.20. The van der Waals surface area contributed by atoms with Crippen LogP contribution in [0.15, 0.2) is 18.2 Å². The fourth-order valence-electron chi connectivity index (χ4n) is 3.20. The summed E-state index contributed by atoms with van der Waals surface area (Å²) in [5.41, 5.74) is 0.198. The van der Waals surface area contributed by atoms with E-state index in [4.69, 9.17) is 0 Å². The highest BCUT2D eigenvalue weighted by atomic mass is 19.1. The highest BCUT2D eigenvalue weighted by molar-refractivity contribution is 5.20. The summed E-state index contributed by atoms with van der Waals surface area (Å²) in [7, 11) is 0. The zero-order chi connectivity index (χ0) is 14.3. The second-order valence-electron chi connectivity index (χ2n) is 6.77. The Morgan fingerprint density at radius 3 is 2.50 bits per heavy atom. The predicted molar refractivity (Wildman–Crippen MR) is 75.4 cm³/mol. The number of hydrogen-bond acceptors (Lipinski definition) is 2. The largest absolute Gasteiger partial charge is 0.309 e. The third-order valence-corrected chi connectivity index (χ3v) is 4.45. The van der Waals surface area contributed by atoms with E-state index in [2.05, 4.69) is 24.1 Å². The molecule has 1 atom stereocenters. The number of rotatable bonds is 3. The Morgan fingerprint density at radius 1 is 1.25 bits per heavy atom. The van der Waals surface area contributed by atoms with Gasteiger partial charge in [-0.1, -0.05) is 6.07 Å². The number of halogens is 2. The molecular formula is C16H22F2N2. The van der Waals surface area contributed by atoms with Crippen molar-refractivity contribution in [3.05, 3.63) is 35.4 Å². The van der Waals surface area contributed by atoms with Gasteiger partial charge in [-0.25, -0.2) is 8.78 Å². The molecule has 2 aliphatic rings. The molecule has 1 N–H and O–H groups in total. The Morgan fingerprint density at radius 2 is 1.90 bits per heavy atom. The zero-order valence-corrected chi connectivity index (χ0v) is 12.1. The lowest BCUT2D eigenvalue weighted by atomic mass is 9.96. The molecule has 1 unspecified atom stereocenters. The van der Waals surface area contributed by atoms with Crippen LogP contribution in [-0.2, 0) is 6.54 Å². The molecule has 2 fully saturated rings. The first-order chi connectivity index (χ1) is 9.46. The van der Waals surface area contributed by atoms with Crippen molar-refractivity contribution < 1.29 is 8.78 Å². The number of nitrogens with one attached hydrogen (secondary N) is 1. The Bertz CT molecular complexity index is 477. The van der Waals surface area contributed by atoms with E-state index >= 15 is 0 Å². The van der Waals surface area contributed by atoms with Gasteiger partial charge in [-0.15, -0.1) is 0 Å². The van der Waals surface area contributed by atoms with E-state index in [1.165, 1.54) is 31.0 Å². The molecule has 2 nitrogen and oxygen atoms in total. The van der Waals surface area contributed by atoms with Crippen molar-refractivity contribution >= 4 is 0 Å². The van der Waals surface area contributed by atoms with Crippen LogP contribution in [0.3, 0.4) is 0 Å². The van der Waals surface area contributed by atoms with Crippen molar-refractivity contribution in [3.63, 3.8) is 0 Å². The molecule has 20 heavy (non-hydrogen) atoms. The molecule has 0 amide bonds. The van der Waals surface area contributed by atoms with Crippen molar-refractivity contribution in [2.75, 3.05) is 13.1 Å². The molecule has 110 valence electrons. The maximum absolute atomic E-state index is 13.9. The standard InChI is InChI=1S/C16H22F2N2/c1-16(2)10-20(15(8-19-16)11-6-7-11)9-12-13(17)4-3-5-14(12)18/h3-5,11,15,19H,6-10H2,1-2H3. The van der Waals surface area contributed by atoms with Gasteiger partial charge in [-0.3, -0.25) is 4.90 Å². The number of nitrogens with zero attached hydrogens (tertiary/aromatic N) is 1. The Balaban J connectivity index is 1.82. The first-order valence-corrected chi connectivity index (χ1v) is 7.38. The molecule has 1 saturated carbocycles. The third kappa shape index (κ3) is 2.86. The summed E-state index contributed by atoms with van der Waals surface area (Å²) in [4.78, 5) is 2.26. The summed E-state index contributed by atoms with van der Waals surface area (Å²) in [6, 6.07) is 4.52. The molecule has 0 spiro atoms. The average molecular weight is 280 g/mol. The van der Waals surface area contributed by atoms with Crippen LogP contribution in [0.1, 0.15) is 32.3 Å². The monoisotopic (exact) mass is 280 g/mol. The minimum atomic E-state index is -0.434. The third-order valence-electron chi connectivity index (χ3n) is 4.45. The van der Waals surface area contributed by atoms with Crippen LogP contribution in [0.5, 0.6) is 0 Å². The van der Waals surface area contributed by atoms with E-state index in [-0.39, 0.29) is 11.1 Å². The van der Waals surface area contributed by atoms with Gasteiger partial charge < -0.3 is 5.32 Å². The van der Waals surface area contributed by atoms with Crippen LogP contribution < -0.4 is 5.32 Å². The van der Waals surface area contributed by atoms with E-state index in [9.17, 15) is 8.78 Å². The summed E-state index contributed by atoms with van der Waals surface area (Å²) >= 11 is 0. The van der Waals surface area contributed by atoms with E-state index in [0.717, 1.165) is 13.1 Å². The molecule has 0 radical (unpaired) electrons. The molecule has 1 aliphatic carbocycles. The fraction of sp³-hybridized carbons (Fsp3) is 0.625. The van der Waals surface area contributed by atoms with Crippen molar-refractivity contribution in [1.29, 1.82) is 0 Å². The molecule has 0 bridgehead atoms. The van der Waals surface area contributed by atoms with Gasteiger partial charge in [0.15, 0.2) is 0 Å². The maximum atomic E-state index is 13.9. The van der Waals surface area contributed by atoms with Crippen molar-refractivity contribution in [2.24, 2.45) is 5.92 Å².